The molecule has 0 aliphatic heterocycles. The summed E-state index contributed by atoms with van der Waals surface area (Å²) in [4.78, 5) is 0. The predicted octanol–water partition coefficient (Wildman–Crippen LogP) is 2.99. The highest BCUT2D eigenvalue weighted by Gasteiger charge is 2.30. The molecule has 1 nitrogen and oxygen atoms in total. The summed E-state index contributed by atoms with van der Waals surface area (Å²) in [5, 5.41) is 0. The summed E-state index contributed by atoms with van der Waals surface area (Å²) < 4.78 is 5.51. The van der Waals surface area contributed by atoms with E-state index in [4.69, 9.17) is 4.74 Å². The summed E-state index contributed by atoms with van der Waals surface area (Å²) in [6.45, 7) is 4.53. The van der Waals surface area contributed by atoms with Crippen molar-refractivity contribution in [2.24, 2.45) is 5.92 Å². The number of methoxy groups -OCH3 is 1. The average molecular weight is 156 g/mol. The van der Waals surface area contributed by atoms with Crippen LogP contribution in [0.15, 0.2) is 0 Å². The van der Waals surface area contributed by atoms with Crippen LogP contribution in [0.3, 0.4) is 0 Å². The summed E-state index contributed by atoms with van der Waals surface area (Å²) in [5.41, 5.74) is 0.193. The fraction of sp³-hybridized carbons (Fsp3) is 1.00. The molecule has 0 unspecified atom stereocenters. The molecular formula is C10H20O. The fourth-order valence-electron chi connectivity index (χ4n) is 2.11. The maximum Gasteiger partial charge on any atom is 0.0653 e. The Labute approximate surface area is 70.1 Å². The van der Waals surface area contributed by atoms with Gasteiger partial charge in [0.25, 0.3) is 0 Å². The van der Waals surface area contributed by atoms with Gasteiger partial charge in [0.2, 0.25) is 0 Å². The van der Waals surface area contributed by atoms with Crippen LogP contribution in [0.2, 0.25) is 0 Å². The van der Waals surface area contributed by atoms with E-state index in [2.05, 4.69) is 13.8 Å². The van der Waals surface area contributed by atoms with E-state index < -0.39 is 0 Å². The van der Waals surface area contributed by atoms with E-state index in [0.29, 0.717) is 0 Å². The molecule has 0 spiro atoms. The highest BCUT2D eigenvalue weighted by atomic mass is 16.5. The Morgan fingerprint density at radius 3 is 2.82 bits per heavy atom. The molecule has 0 radical (unpaired) electrons. The van der Waals surface area contributed by atoms with Crippen molar-refractivity contribution in [3.8, 4) is 0 Å². The second kappa shape index (κ2) is 3.57. The van der Waals surface area contributed by atoms with Crippen molar-refractivity contribution < 1.29 is 4.74 Å². The molecule has 0 amide bonds. The highest BCUT2D eigenvalue weighted by Crippen LogP contribution is 2.35. The minimum absolute atomic E-state index is 0.193. The van der Waals surface area contributed by atoms with Crippen molar-refractivity contribution in [1.29, 1.82) is 0 Å². The third-order valence-corrected chi connectivity index (χ3v) is 3.11. The minimum atomic E-state index is 0.193. The first-order valence-electron chi connectivity index (χ1n) is 4.75. The van der Waals surface area contributed by atoms with Crippen LogP contribution >= 0.6 is 0 Å². The number of rotatable bonds is 2. The minimum Gasteiger partial charge on any atom is -0.379 e. The van der Waals surface area contributed by atoms with Gasteiger partial charge in [-0.05, 0) is 25.7 Å². The summed E-state index contributed by atoms with van der Waals surface area (Å²) in [5.74, 6) is 0.911. The second-order valence-electron chi connectivity index (χ2n) is 4.02. The van der Waals surface area contributed by atoms with Crippen LogP contribution in [0.4, 0.5) is 0 Å². The SMILES string of the molecule is CC[C@H]1CCC[C@@](C)(OC)C1. The van der Waals surface area contributed by atoms with Crippen molar-refractivity contribution in [2.75, 3.05) is 7.11 Å². The zero-order valence-corrected chi connectivity index (χ0v) is 8.02. The van der Waals surface area contributed by atoms with Crippen molar-refractivity contribution in [2.45, 2.75) is 51.6 Å². The molecule has 11 heavy (non-hydrogen) atoms. The lowest BCUT2D eigenvalue weighted by Gasteiger charge is -2.36. The van der Waals surface area contributed by atoms with Crippen molar-refractivity contribution in [3.63, 3.8) is 0 Å². The van der Waals surface area contributed by atoms with E-state index in [1.807, 2.05) is 7.11 Å². The Bertz CT molecular complexity index is 122. The smallest absolute Gasteiger partial charge is 0.0653 e. The lowest BCUT2D eigenvalue weighted by atomic mass is 9.78. The van der Waals surface area contributed by atoms with Gasteiger partial charge in [-0.25, -0.2) is 0 Å². The molecule has 0 aromatic heterocycles. The molecule has 1 saturated carbocycles. The van der Waals surface area contributed by atoms with Gasteiger partial charge in [-0.1, -0.05) is 26.2 Å². The third-order valence-electron chi connectivity index (χ3n) is 3.11. The van der Waals surface area contributed by atoms with Gasteiger partial charge < -0.3 is 4.74 Å². The van der Waals surface area contributed by atoms with Gasteiger partial charge in [-0.15, -0.1) is 0 Å². The monoisotopic (exact) mass is 156 g/mol. The van der Waals surface area contributed by atoms with Crippen LogP contribution in [-0.2, 0) is 4.74 Å². The Hall–Kier alpha value is -0.0400. The average Bonchev–Trinajstić information content (AvgIpc) is 2.05. The van der Waals surface area contributed by atoms with Crippen LogP contribution in [0.1, 0.15) is 46.0 Å². The Balaban J connectivity index is 2.44. The maximum atomic E-state index is 5.51. The van der Waals surface area contributed by atoms with Crippen molar-refractivity contribution >= 4 is 0 Å². The van der Waals surface area contributed by atoms with Gasteiger partial charge in [-0.2, -0.15) is 0 Å². The summed E-state index contributed by atoms with van der Waals surface area (Å²) in [7, 11) is 1.85. The van der Waals surface area contributed by atoms with Gasteiger partial charge in [-0.3, -0.25) is 0 Å². The molecule has 1 heteroatoms. The van der Waals surface area contributed by atoms with Gasteiger partial charge in [0.15, 0.2) is 0 Å². The molecule has 1 fully saturated rings. The first kappa shape index (κ1) is 9.05. The topological polar surface area (TPSA) is 9.23 Å². The molecule has 0 saturated heterocycles. The number of hydrogen-bond acceptors (Lipinski definition) is 1. The second-order valence-corrected chi connectivity index (χ2v) is 4.02. The first-order chi connectivity index (χ1) is 5.20. The van der Waals surface area contributed by atoms with Crippen LogP contribution < -0.4 is 0 Å². The standard InChI is InChI=1S/C10H20O/c1-4-9-6-5-7-10(2,8-9)11-3/h9H,4-8H2,1-3H3/t9-,10+/m0/s1. The van der Waals surface area contributed by atoms with Crippen LogP contribution in [0, 0.1) is 5.92 Å². The molecule has 1 aliphatic carbocycles. The fourth-order valence-corrected chi connectivity index (χ4v) is 2.11. The number of hydrogen-bond donors (Lipinski definition) is 0. The zero-order valence-electron chi connectivity index (χ0n) is 8.02. The van der Waals surface area contributed by atoms with Crippen LogP contribution in [0.5, 0.6) is 0 Å². The summed E-state index contributed by atoms with van der Waals surface area (Å²) in [6, 6.07) is 0. The van der Waals surface area contributed by atoms with E-state index in [-0.39, 0.29) is 5.60 Å². The molecule has 0 aromatic carbocycles. The van der Waals surface area contributed by atoms with E-state index in [1.54, 1.807) is 0 Å². The molecule has 0 heterocycles. The Morgan fingerprint density at radius 1 is 1.55 bits per heavy atom. The van der Waals surface area contributed by atoms with Crippen LogP contribution in [0.25, 0.3) is 0 Å². The van der Waals surface area contributed by atoms with E-state index in [1.165, 1.54) is 32.1 Å². The van der Waals surface area contributed by atoms with Gasteiger partial charge >= 0.3 is 0 Å². The Morgan fingerprint density at radius 2 is 2.27 bits per heavy atom. The molecule has 0 bridgehead atoms. The molecule has 66 valence electrons. The molecule has 1 rings (SSSR count). The number of ether oxygens (including phenoxy) is 1. The lowest BCUT2D eigenvalue weighted by Crippen LogP contribution is -2.33. The zero-order chi connectivity index (χ0) is 8.32. The van der Waals surface area contributed by atoms with Crippen molar-refractivity contribution in [3.05, 3.63) is 0 Å². The molecule has 1 aliphatic rings. The predicted molar refractivity (Wildman–Crippen MR) is 47.7 cm³/mol. The van der Waals surface area contributed by atoms with Gasteiger partial charge in [0.1, 0.15) is 0 Å². The van der Waals surface area contributed by atoms with Gasteiger partial charge in [0, 0.05) is 7.11 Å². The Kier molecular flexibility index (Phi) is 2.94. The third kappa shape index (κ3) is 2.19. The first-order valence-corrected chi connectivity index (χ1v) is 4.75. The van der Waals surface area contributed by atoms with E-state index >= 15 is 0 Å². The maximum absolute atomic E-state index is 5.51. The molecule has 0 N–H and O–H groups in total. The largest absolute Gasteiger partial charge is 0.379 e. The quantitative estimate of drug-likeness (QED) is 0.597. The normalized spacial score (nSPS) is 39.0. The van der Waals surface area contributed by atoms with Crippen molar-refractivity contribution in [1.82, 2.24) is 0 Å². The summed E-state index contributed by atoms with van der Waals surface area (Å²) in [6.07, 6.45) is 6.59. The molecule has 0 aromatic rings. The lowest BCUT2D eigenvalue weighted by molar-refractivity contribution is -0.0400. The van der Waals surface area contributed by atoms with E-state index in [9.17, 15) is 0 Å². The van der Waals surface area contributed by atoms with Gasteiger partial charge in [0.05, 0.1) is 5.60 Å². The molecular weight excluding hydrogens is 136 g/mol. The molecule has 2 atom stereocenters. The summed E-state index contributed by atoms with van der Waals surface area (Å²) >= 11 is 0. The van der Waals surface area contributed by atoms with E-state index in [0.717, 1.165) is 5.92 Å². The van der Waals surface area contributed by atoms with Crippen LogP contribution in [-0.4, -0.2) is 12.7 Å². The highest BCUT2D eigenvalue weighted by molar-refractivity contribution is 4.83.